The Bertz CT molecular complexity index is 447. The van der Waals surface area contributed by atoms with E-state index in [1.807, 2.05) is 0 Å². The molecule has 2 atom stereocenters. The van der Waals surface area contributed by atoms with E-state index in [0.29, 0.717) is 5.41 Å². The molecule has 1 saturated heterocycles. The zero-order chi connectivity index (χ0) is 12.2. The summed E-state index contributed by atoms with van der Waals surface area (Å²) in [4.78, 5) is 2.78. The lowest BCUT2D eigenvalue weighted by Gasteiger charge is -2.31. The highest BCUT2D eigenvalue weighted by Gasteiger charge is 2.48. The molecule has 1 aromatic carbocycles. The summed E-state index contributed by atoms with van der Waals surface area (Å²) in [6.45, 7) is 2.65. The second-order valence-electron chi connectivity index (χ2n) is 6.66. The van der Waals surface area contributed by atoms with Crippen LogP contribution in [0.1, 0.15) is 37.7 Å². The molecule has 0 aromatic heterocycles. The molecule has 18 heavy (non-hydrogen) atoms. The van der Waals surface area contributed by atoms with Gasteiger partial charge in [-0.2, -0.15) is 0 Å². The fourth-order valence-electron chi connectivity index (χ4n) is 4.13. The van der Waals surface area contributed by atoms with E-state index >= 15 is 0 Å². The van der Waals surface area contributed by atoms with Gasteiger partial charge in [0.15, 0.2) is 0 Å². The SMILES string of the molecule is Nc1ccc(C2(CN3CC4CCC3C4)CC2)cc1. The first-order chi connectivity index (χ1) is 8.75. The van der Waals surface area contributed by atoms with Crippen molar-refractivity contribution in [1.82, 2.24) is 4.90 Å². The Hall–Kier alpha value is -1.02. The first-order valence-electron chi connectivity index (χ1n) is 7.35. The van der Waals surface area contributed by atoms with Crippen LogP contribution in [0.2, 0.25) is 0 Å². The van der Waals surface area contributed by atoms with Gasteiger partial charge in [0, 0.05) is 30.2 Å². The summed E-state index contributed by atoms with van der Waals surface area (Å²) in [5, 5.41) is 0. The van der Waals surface area contributed by atoms with Gasteiger partial charge in [-0.3, -0.25) is 4.90 Å². The molecule has 1 heterocycles. The first kappa shape index (κ1) is 10.9. The van der Waals surface area contributed by atoms with Crippen LogP contribution in [0.3, 0.4) is 0 Å². The van der Waals surface area contributed by atoms with E-state index in [2.05, 4.69) is 29.2 Å². The monoisotopic (exact) mass is 242 g/mol. The summed E-state index contributed by atoms with van der Waals surface area (Å²) in [6, 6.07) is 9.52. The smallest absolute Gasteiger partial charge is 0.0314 e. The Kier molecular flexibility index (Phi) is 2.25. The molecule has 3 aliphatic rings. The minimum atomic E-state index is 0.470. The average Bonchev–Trinajstić information content (AvgIpc) is 2.85. The molecule has 2 saturated carbocycles. The molecule has 2 unspecified atom stereocenters. The highest BCUT2D eigenvalue weighted by Crippen LogP contribution is 2.51. The average molecular weight is 242 g/mol. The number of nitrogens with zero attached hydrogens (tertiary/aromatic N) is 1. The van der Waals surface area contributed by atoms with E-state index in [1.165, 1.54) is 50.8 Å². The molecular weight excluding hydrogens is 220 g/mol. The molecule has 0 amide bonds. The van der Waals surface area contributed by atoms with Gasteiger partial charge in [0.2, 0.25) is 0 Å². The van der Waals surface area contributed by atoms with Crippen molar-refractivity contribution >= 4 is 5.69 Å². The van der Waals surface area contributed by atoms with Crippen molar-refractivity contribution in [2.75, 3.05) is 18.8 Å². The number of hydrogen-bond acceptors (Lipinski definition) is 2. The molecule has 2 heteroatoms. The second-order valence-corrected chi connectivity index (χ2v) is 6.66. The lowest BCUT2D eigenvalue weighted by Crippen LogP contribution is -2.38. The molecule has 0 radical (unpaired) electrons. The summed E-state index contributed by atoms with van der Waals surface area (Å²) >= 11 is 0. The van der Waals surface area contributed by atoms with Gasteiger partial charge in [-0.1, -0.05) is 12.1 Å². The van der Waals surface area contributed by atoms with Gasteiger partial charge in [0.25, 0.3) is 0 Å². The zero-order valence-corrected chi connectivity index (χ0v) is 10.9. The van der Waals surface area contributed by atoms with E-state index in [4.69, 9.17) is 5.73 Å². The Morgan fingerprint density at radius 1 is 1.17 bits per heavy atom. The van der Waals surface area contributed by atoms with Crippen LogP contribution in [0.15, 0.2) is 24.3 Å². The molecule has 2 N–H and O–H groups in total. The molecule has 4 rings (SSSR count). The topological polar surface area (TPSA) is 29.3 Å². The third-order valence-electron chi connectivity index (χ3n) is 5.41. The quantitative estimate of drug-likeness (QED) is 0.826. The van der Waals surface area contributed by atoms with Crippen molar-refractivity contribution in [1.29, 1.82) is 0 Å². The van der Waals surface area contributed by atoms with E-state index in [1.54, 1.807) is 0 Å². The molecule has 2 nitrogen and oxygen atoms in total. The number of nitrogens with two attached hydrogens (primary N) is 1. The number of anilines is 1. The number of benzene rings is 1. The van der Waals surface area contributed by atoms with Crippen molar-refractivity contribution in [3.63, 3.8) is 0 Å². The zero-order valence-electron chi connectivity index (χ0n) is 10.9. The number of hydrogen-bond donors (Lipinski definition) is 1. The molecular formula is C16H22N2. The number of nitrogen functional groups attached to an aromatic ring is 1. The van der Waals surface area contributed by atoms with Crippen LogP contribution in [0.4, 0.5) is 5.69 Å². The number of piperidine rings is 1. The van der Waals surface area contributed by atoms with Crippen molar-refractivity contribution in [2.45, 2.75) is 43.6 Å². The summed E-state index contributed by atoms with van der Waals surface area (Å²) in [6.07, 6.45) is 7.13. The minimum absolute atomic E-state index is 0.470. The maximum absolute atomic E-state index is 5.79. The number of fused-ring (bicyclic) bond motifs is 2. The van der Waals surface area contributed by atoms with E-state index < -0.39 is 0 Å². The van der Waals surface area contributed by atoms with Crippen LogP contribution < -0.4 is 5.73 Å². The van der Waals surface area contributed by atoms with Crippen molar-refractivity contribution in [3.8, 4) is 0 Å². The normalized spacial score (nSPS) is 32.9. The van der Waals surface area contributed by atoms with Crippen LogP contribution in [-0.4, -0.2) is 24.0 Å². The van der Waals surface area contributed by atoms with Gasteiger partial charge in [-0.05, 0) is 55.7 Å². The standard InChI is InChI=1S/C16H22N2/c17-14-4-2-13(3-5-14)16(7-8-16)11-18-10-12-1-6-15(18)9-12/h2-5,12,15H,1,6-11,17H2. The Balaban J connectivity index is 1.52. The maximum atomic E-state index is 5.79. The van der Waals surface area contributed by atoms with Crippen molar-refractivity contribution in [2.24, 2.45) is 5.92 Å². The van der Waals surface area contributed by atoms with Crippen LogP contribution in [0.5, 0.6) is 0 Å². The highest BCUT2D eigenvalue weighted by atomic mass is 15.2. The molecule has 2 aliphatic carbocycles. The molecule has 1 aliphatic heterocycles. The molecule has 2 bridgehead atoms. The summed E-state index contributed by atoms with van der Waals surface area (Å²) < 4.78 is 0. The van der Waals surface area contributed by atoms with Crippen molar-refractivity contribution < 1.29 is 0 Å². The summed E-state index contributed by atoms with van der Waals surface area (Å²) in [5.41, 5.74) is 8.66. The summed E-state index contributed by atoms with van der Waals surface area (Å²) in [7, 11) is 0. The number of rotatable bonds is 3. The molecule has 3 fully saturated rings. The predicted octanol–water partition coefficient (Wildman–Crippen LogP) is 2.78. The second kappa shape index (κ2) is 3.74. The third kappa shape index (κ3) is 1.66. The van der Waals surface area contributed by atoms with E-state index in [-0.39, 0.29) is 0 Å². The van der Waals surface area contributed by atoms with E-state index in [0.717, 1.165) is 17.6 Å². The van der Waals surface area contributed by atoms with Crippen LogP contribution in [0, 0.1) is 5.92 Å². The van der Waals surface area contributed by atoms with E-state index in [9.17, 15) is 0 Å². The van der Waals surface area contributed by atoms with Gasteiger partial charge >= 0.3 is 0 Å². The fourth-order valence-corrected chi connectivity index (χ4v) is 4.13. The fraction of sp³-hybridized carbons (Fsp3) is 0.625. The Morgan fingerprint density at radius 2 is 1.94 bits per heavy atom. The summed E-state index contributed by atoms with van der Waals surface area (Å²) in [5.74, 6) is 1.01. The van der Waals surface area contributed by atoms with Gasteiger partial charge in [0.05, 0.1) is 0 Å². The van der Waals surface area contributed by atoms with Gasteiger partial charge in [-0.25, -0.2) is 0 Å². The van der Waals surface area contributed by atoms with Crippen LogP contribution in [0.25, 0.3) is 0 Å². The third-order valence-corrected chi connectivity index (χ3v) is 5.41. The molecule has 96 valence electrons. The molecule has 0 spiro atoms. The van der Waals surface area contributed by atoms with Crippen LogP contribution in [-0.2, 0) is 5.41 Å². The van der Waals surface area contributed by atoms with Gasteiger partial charge < -0.3 is 5.73 Å². The highest BCUT2D eigenvalue weighted by molar-refractivity contribution is 5.43. The van der Waals surface area contributed by atoms with Crippen molar-refractivity contribution in [3.05, 3.63) is 29.8 Å². The first-order valence-corrected chi connectivity index (χ1v) is 7.35. The maximum Gasteiger partial charge on any atom is 0.0314 e. The van der Waals surface area contributed by atoms with Crippen LogP contribution >= 0.6 is 0 Å². The lowest BCUT2D eigenvalue weighted by molar-refractivity contribution is 0.195. The largest absolute Gasteiger partial charge is 0.399 e. The Morgan fingerprint density at radius 3 is 2.50 bits per heavy atom. The Labute approximate surface area is 109 Å². The van der Waals surface area contributed by atoms with Gasteiger partial charge in [0.1, 0.15) is 0 Å². The molecule has 1 aromatic rings. The van der Waals surface area contributed by atoms with Gasteiger partial charge in [-0.15, -0.1) is 0 Å². The predicted molar refractivity (Wildman–Crippen MR) is 74.5 cm³/mol. The minimum Gasteiger partial charge on any atom is -0.399 e. The number of likely N-dealkylation sites (tertiary alicyclic amines) is 1. The lowest BCUT2D eigenvalue weighted by atomic mass is 9.94.